The Morgan fingerprint density at radius 1 is 0.870 bits per heavy atom. The molecule has 2 aliphatic heterocycles. The van der Waals surface area contributed by atoms with Crippen LogP contribution < -0.4 is 16.4 Å². The Labute approximate surface area is 327 Å². The molecule has 10 nitrogen and oxygen atoms in total. The summed E-state index contributed by atoms with van der Waals surface area (Å²) in [6.45, 7) is 4.89. The van der Waals surface area contributed by atoms with Crippen molar-refractivity contribution in [3.63, 3.8) is 0 Å². The van der Waals surface area contributed by atoms with E-state index in [1.807, 2.05) is 60.7 Å². The van der Waals surface area contributed by atoms with Crippen LogP contribution in [0.25, 0.3) is 0 Å². The minimum atomic E-state index is -0.845. The van der Waals surface area contributed by atoms with Gasteiger partial charge in [-0.2, -0.15) is 0 Å². The number of nitrogens with one attached hydrogen (secondary N) is 2. The fourth-order valence-electron chi connectivity index (χ4n) is 7.33. The number of hydrogen-bond acceptors (Lipinski definition) is 8. The molecule has 0 bridgehead atoms. The number of amides is 5. The molecule has 12 heteroatoms. The molecule has 2 aliphatic rings. The van der Waals surface area contributed by atoms with Crippen LogP contribution in [0.4, 0.5) is 0 Å². The van der Waals surface area contributed by atoms with Crippen LogP contribution in [0.5, 0.6) is 0 Å². The molecule has 1 unspecified atom stereocenters. The molecule has 1 saturated heterocycles. The summed E-state index contributed by atoms with van der Waals surface area (Å²) in [6, 6.07) is 24.9. The predicted molar refractivity (Wildman–Crippen MR) is 217 cm³/mol. The van der Waals surface area contributed by atoms with E-state index in [9.17, 15) is 24.0 Å². The van der Waals surface area contributed by atoms with Gasteiger partial charge in [-0.25, -0.2) is 0 Å². The van der Waals surface area contributed by atoms with Crippen molar-refractivity contribution in [3.05, 3.63) is 107 Å². The number of nitrogens with two attached hydrogens (primary N) is 1. The van der Waals surface area contributed by atoms with E-state index in [1.54, 1.807) is 47.0 Å². The van der Waals surface area contributed by atoms with Gasteiger partial charge in [-0.3, -0.25) is 28.9 Å². The Bertz CT molecular complexity index is 1710. The van der Waals surface area contributed by atoms with Gasteiger partial charge in [0.2, 0.25) is 17.7 Å². The molecule has 54 heavy (non-hydrogen) atoms. The smallest absolute Gasteiger partial charge is 0.261 e. The number of carbonyl (C=O) groups excluding carboxylic acids is 5. The highest BCUT2D eigenvalue weighted by atomic mass is 33.1. The largest absolute Gasteiger partial charge is 0.357 e. The molecule has 4 N–H and O–H groups in total. The van der Waals surface area contributed by atoms with Crippen LogP contribution in [0.1, 0.15) is 90.1 Å². The highest BCUT2D eigenvalue weighted by molar-refractivity contribution is 8.77. The summed E-state index contributed by atoms with van der Waals surface area (Å²) in [5.74, 6) is -0.251. The molecular weight excluding hydrogens is 719 g/mol. The third kappa shape index (κ3) is 10.8. The van der Waals surface area contributed by atoms with Gasteiger partial charge in [0.05, 0.1) is 16.4 Å². The van der Waals surface area contributed by atoms with Gasteiger partial charge in [0.25, 0.3) is 11.8 Å². The molecule has 2 heterocycles. The average molecular weight is 772 g/mol. The summed E-state index contributed by atoms with van der Waals surface area (Å²) >= 11 is 0. The Kier molecular flexibility index (Phi) is 15.2. The maximum atomic E-state index is 14.5. The van der Waals surface area contributed by atoms with Gasteiger partial charge in [0.15, 0.2) is 0 Å². The third-order valence-corrected chi connectivity index (χ3v) is 13.0. The molecule has 5 atom stereocenters. The number of imide groups is 1. The molecule has 3 aromatic carbocycles. The van der Waals surface area contributed by atoms with E-state index in [4.69, 9.17) is 5.73 Å². The average Bonchev–Trinajstić information content (AvgIpc) is 3.30. The van der Waals surface area contributed by atoms with Crippen molar-refractivity contribution in [2.45, 2.75) is 88.1 Å². The van der Waals surface area contributed by atoms with Gasteiger partial charge in [-0.1, -0.05) is 115 Å². The van der Waals surface area contributed by atoms with Crippen molar-refractivity contribution in [3.8, 4) is 0 Å². The number of likely N-dealkylation sites (tertiary alicyclic amines) is 1. The summed E-state index contributed by atoms with van der Waals surface area (Å²) in [7, 11) is 4.59. The minimum absolute atomic E-state index is 0.0123. The molecule has 5 rings (SSSR count). The van der Waals surface area contributed by atoms with E-state index in [0.29, 0.717) is 67.9 Å². The lowest BCUT2D eigenvalue weighted by Gasteiger charge is -2.32. The molecule has 0 aliphatic carbocycles. The fourth-order valence-corrected chi connectivity index (χ4v) is 10.1. The number of nitrogens with zero attached hydrogens (tertiary/aromatic N) is 2. The summed E-state index contributed by atoms with van der Waals surface area (Å²) in [5.41, 5.74) is 9.25. The number of carbonyl (C=O) groups is 5. The Balaban J connectivity index is 1.32. The Morgan fingerprint density at radius 2 is 1.50 bits per heavy atom. The van der Waals surface area contributed by atoms with Crippen molar-refractivity contribution < 1.29 is 24.0 Å². The standard InChI is InChI=1S/C42H53N5O5S2/c1-28(2)24-32(43)27-53-54-37(20-12-13-22-47-40(50)33-18-10-11-19-34(33)41(47)51)39(49)45-35-26-31(30-16-8-5-9-17-30)21-23-46(42(35)52)36(38(48)44-3)25-29-14-6-4-7-15-29/h4-11,14-19,28,31-32,35-37H,12-13,20-27,43H2,1-3H3,(H,44,48)(H,45,49)/t31-,32?,35-,36-,37-/m0/s1. The van der Waals surface area contributed by atoms with Crippen LogP contribution in [0.2, 0.25) is 0 Å². The SMILES string of the molecule is CNC(=O)[C@H](Cc1ccccc1)N1CC[C@H](c2ccccc2)C[C@H](NC(=O)[C@H](CCCCN2C(=O)c3ccccc3C2=O)SSCC(N)CC(C)C)C1=O. The van der Waals surface area contributed by atoms with E-state index >= 15 is 0 Å². The second kappa shape index (κ2) is 20.0. The lowest BCUT2D eigenvalue weighted by atomic mass is 9.90. The summed E-state index contributed by atoms with van der Waals surface area (Å²) in [4.78, 5) is 71.0. The van der Waals surface area contributed by atoms with Crippen molar-refractivity contribution in [2.24, 2.45) is 11.7 Å². The molecular formula is C42H53N5O5S2. The number of likely N-dealkylation sites (N-methyl/N-ethyl adjacent to an activating group) is 1. The van der Waals surface area contributed by atoms with Gasteiger partial charge in [-0.15, -0.1) is 0 Å². The first-order valence-corrected chi connectivity index (χ1v) is 21.4. The lowest BCUT2D eigenvalue weighted by Crippen LogP contribution is -2.56. The number of unbranched alkanes of at least 4 members (excludes halogenated alkanes) is 1. The topological polar surface area (TPSA) is 142 Å². The molecule has 288 valence electrons. The van der Waals surface area contributed by atoms with Crippen LogP contribution in [-0.4, -0.2) is 88.6 Å². The highest BCUT2D eigenvalue weighted by Crippen LogP contribution is 2.34. The Hall–Kier alpha value is -4.13. The fraction of sp³-hybridized carbons (Fsp3) is 0.452. The Morgan fingerprint density at radius 3 is 2.13 bits per heavy atom. The second-order valence-corrected chi connectivity index (χ2v) is 17.2. The van der Waals surface area contributed by atoms with Crippen LogP contribution in [0.15, 0.2) is 84.9 Å². The van der Waals surface area contributed by atoms with Gasteiger partial charge < -0.3 is 21.3 Å². The number of hydrogen-bond donors (Lipinski definition) is 3. The van der Waals surface area contributed by atoms with Gasteiger partial charge in [0, 0.05) is 38.4 Å². The summed E-state index contributed by atoms with van der Waals surface area (Å²) in [5, 5.41) is 5.40. The first-order valence-electron chi connectivity index (χ1n) is 19.0. The molecule has 1 fully saturated rings. The van der Waals surface area contributed by atoms with Crippen LogP contribution in [-0.2, 0) is 20.8 Å². The minimum Gasteiger partial charge on any atom is -0.357 e. The maximum Gasteiger partial charge on any atom is 0.261 e. The summed E-state index contributed by atoms with van der Waals surface area (Å²) in [6.07, 6.45) is 3.87. The van der Waals surface area contributed by atoms with Gasteiger partial charge in [0.1, 0.15) is 12.1 Å². The lowest BCUT2D eigenvalue weighted by molar-refractivity contribution is -0.142. The number of rotatable bonds is 18. The molecule has 0 saturated carbocycles. The second-order valence-electron chi connectivity index (χ2n) is 14.6. The maximum absolute atomic E-state index is 14.5. The van der Waals surface area contributed by atoms with E-state index in [0.717, 1.165) is 17.5 Å². The highest BCUT2D eigenvalue weighted by Gasteiger charge is 2.40. The molecule has 5 amide bonds. The number of fused-ring (bicyclic) bond motifs is 1. The van der Waals surface area contributed by atoms with Crippen molar-refractivity contribution >= 4 is 51.1 Å². The van der Waals surface area contributed by atoms with Crippen molar-refractivity contribution in [1.82, 2.24) is 20.4 Å². The zero-order valence-corrected chi connectivity index (χ0v) is 33.1. The zero-order valence-electron chi connectivity index (χ0n) is 31.4. The van der Waals surface area contributed by atoms with Crippen LogP contribution in [0.3, 0.4) is 0 Å². The van der Waals surface area contributed by atoms with E-state index < -0.39 is 17.3 Å². The first kappa shape index (κ1) is 41.0. The zero-order chi connectivity index (χ0) is 38.6. The van der Waals surface area contributed by atoms with Crippen molar-refractivity contribution in [2.75, 3.05) is 25.9 Å². The van der Waals surface area contributed by atoms with Gasteiger partial charge in [-0.05, 0) is 67.2 Å². The van der Waals surface area contributed by atoms with Crippen LogP contribution in [0, 0.1) is 5.92 Å². The number of benzene rings is 3. The molecule has 0 radical (unpaired) electrons. The monoisotopic (exact) mass is 771 g/mol. The van der Waals surface area contributed by atoms with E-state index in [2.05, 4.69) is 24.5 Å². The van der Waals surface area contributed by atoms with Gasteiger partial charge >= 0.3 is 0 Å². The molecule has 0 spiro atoms. The van der Waals surface area contributed by atoms with Crippen molar-refractivity contribution in [1.29, 1.82) is 0 Å². The third-order valence-electron chi connectivity index (χ3n) is 10.1. The first-order chi connectivity index (χ1) is 26.1. The molecule has 3 aromatic rings. The quantitative estimate of drug-likeness (QED) is 0.0835. The summed E-state index contributed by atoms with van der Waals surface area (Å²) < 4.78 is 0. The van der Waals surface area contributed by atoms with E-state index in [-0.39, 0.29) is 48.0 Å². The molecule has 0 aromatic heterocycles. The van der Waals surface area contributed by atoms with E-state index in [1.165, 1.54) is 15.7 Å². The predicted octanol–water partition coefficient (Wildman–Crippen LogP) is 5.82. The normalized spacial score (nSPS) is 18.9. The van der Waals surface area contributed by atoms with Crippen LogP contribution >= 0.6 is 21.6 Å².